The zero-order chi connectivity index (χ0) is 18.3. The van der Waals surface area contributed by atoms with Gasteiger partial charge in [-0.3, -0.25) is 0 Å². The fraction of sp³-hybridized carbons (Fsp3) is 0.158. The Morgan fingerprint density at radius 1 is 1.08 bits per heavy atom. The Morgan fingerprint density at radius 2 is 1.92 bits per heavy atom. The van der Waals surface area contributed by atoms with Crippen LogP contribution in [0.5, 0.6) is 0 Å². The van der Waals surface area contributed by atoms with E-state index >= 15 is 0 Å². The van der Waals surface area contributed by atoms with Gasteiger partial charge in [0.25, 0.3) is 0 Å². The molecule has 132 valence electrons. The van der Waals surface area contributed by atoms with Crippen molar-refractivity contribution in [3.8, 4) is 11.5 Å². The summed E-state index contributed by atoms with van der Waals surface area (Å²) in [6.45, 7) is 4.00. The van der Waals surface area contributed by atoms with E-state index in [9.17, 15) is 0 Å². The Hall–Kier alpha value is -2.50. The molecule has 2 aromatic heterocycles. The number of halogens is 2. The molecular formula is C19H16Cl2N4O. The van der Waals surface area contributed by atoms with Gasteiger partial charge in [0.15, 0.2) is 0 Å². The number of aromatic nitrogens is 3. The van der Waals surface area contributed by atoms with Crippen LogP contribution in [0, 0.1) is 6.92 Å². The Kier molecular flexibility index (Phi) is 4.34. The molecule has 2 N–H and O–H groups in total. The molecule has 0 amide bonds. The van der Waals surface area contributed by atoms with Crippen molar-refractivity contribution in [1.29, 1.82) is 0 Å². The molecule has 2 aromatic carbocycles. The van der Waals surface area contributed by atoms with E-state index in [1.165, 1.54) is 0 Å². The summed E-state index contributed by atoms with van der Waals surface area (Å²) in [5.41, 5.74) is 3.88. The second kappa shape index (κ2) is 6.67. The summed E-state index contributed by atoms with van der Waals surface area (Å²) in [7, 11) is 0. The highest BCUT2D eigenvalue weighted by Crippen LogP contribution is 2.31. The van der Waals surface area contributed by atoms with Gasteiger partial charge in [-0.15, -0.1) is 10.2 Å². The maximum absolute atomic E-state index is 6.21. The normalized spacial score (nSPS) is 12.5. The lowest BCUT2D eigenvalue weighted by atomic mass is 10.2. The summed E-state index contributed by atoms with van der Waals surface area (Å²) in [5.74, 6) is 0.850. The summed E-state index contributed by atoms with van der Waals surface area (Å²) < 4.78 is 5.80. The van der Waals surface area contributed by atoms with E-state index in [4.69, 9.17) is 27.6 Å². The van der Waals surface area contributed by atoms with Crippen LogP contribution in [0.1, 0.15) is 24.6 Å². The summed E-state index contributed by atoms with van der Waals surface area (Å²) in [4.78, 5) is 3.31. The van der Waals surface area contributed by atoms with Crippen molar-refractivity contribution < 1.29 is 4.42 Å². The van der Waals surface area contributed by atoms with E-state index < -0.39 is 0 Å². The number of rotatable bonds is 4. The van der Waals surface area contributed by atoms with E-state index in [1.54, 1.807) is 18.2 Å². The molecule has 0 spiro atoms. The molecule has 0 saturated carbocycles. The second-order valence-electron chi connectivity index (χ2n) is 6.19. The average molecular weight is 387 g/mol. The van der Waals surface area contributed by atoms with E-state index in [0.717, 1.165) is 22.3 Å². The standard InChI is InChI=1S/C19H16Cl2N4O/c1-10-7-12-8-14(4-6-17(12)22-10)23-11(2)18-24-25-19(26-18)15-5-3-13(20)9-16(15)21/h3-9,11,22-23H,1-2H3/t11-/m1/s1. The Labute approximate surface area is 160 Å². The van der Waals surface area contributed by atoms with Gasteiger partial charge in [0.2, 0.25) is 11.8 Å². The number of H-pyrrole nitrogens is 1. The first-order valence-electron chi connectivity index (χ1n) is 8.14. The highest BCUT2D eigenvalue weighted by molar-refractivity contribution is 6.36. The van der Waals surface area contributed by atoms with Crippen molar-refractivity contribution in [2.24, 2.45) is 0 Å². The van der Waals surface area contributed by atoms with Gasteiger partial charge in [0, 0.05) is 27.3 Å². The van der Waals surface area contributed by atoms with E-state index in [-0.39, 0.29) is 6.04 Å². The largest absolute Gasteiger partial charge is 0.418 e. The van der Waals surface area contributed by atoms with Crippen LogP contribution in [0.4, 0.5) is 5.69 Å². The molecule has 26 heavy (non-hydrogen) atoms. The van der Waals surface area contributed by atoms with E-state index in [0.29, 0.717) is 27.4 Å². The van der Waals surface area contributed by atoms with Crippen molar-refractivity contribution in [1.82, 2.24) is 15.2 Å². The number of aryl methyl sites for hydroxylation is 1. The van der Waals surface area contributed by atoms with Gasteiger partial charge in [-0.05, 0) is 56.3 Å². The third-order valence-corrected chi connectivity index (χ3v) is 4.66. The number of nitrogens with zero attached hydrogens (tertiary/aromatic N) is 2. The molecule has 7 heteroatoms. The number of aromatic amines is 1. The number of benzene rings is 2. The number of fused-ring (bicyclic) bond motifs is 1. The van der Waals surface area contributed by atoms with Crippen molar-refractivity contribution in [2.45, 2.75) is 19.9 Å². The first kappa shape index (κ1) is 16.9. The Bertz CT molecular complexity index is 1090. The number of hydrogen-bond acceptors (Lipinski definition) is 4. The average Bonchev–Trinajstić information content (AvgIpc) is 3.20. The lowest BCUT2D eigenvalue weighted by Gasteiger charge is -2.11. The molecule has 1 atom stereocenters. The van der Waals surface area contributed by atoms with Gasteiger partial charge in [-0.25, -0.2) is 0 Å². The number of anilines is 1. The van der Waals surface area contributed by atoms with Crippen molar-refractivity contribution in [2.75, 3.05) is 5.32 Å². The maximum atomic E-state index is 6.21. The SMILES string of the molecule is Cc1cc2cc(N[C@H](C)c3nnc(-c4ccc(Cl)cc4Cl)o3)ccc2[nH]1. The molecule has 0 fully saturated rings. The topological polar surface area (TPSA) is 66.7 Å². The van der Waals surface area contributed by atoms with Crippen molar-refractivity contribution in [3.63, 3.8) is 0 Å². The molecule has 4 aromatic rings. The van der Waals surface area contributed by atoms with Gasteiger partial charge < -0.3 is 14.7 Å². The van der Waals surface area contributed by atoms with Crippen LogP contribution in [0.2, 0.25) is 10.0 Å². The van der Waals surface area contributed by atoms with Crippen LogP contribution in [0.3, 0.4) is 0 Å². The fourth-order valence-corrected chi connectivity index (χ4v) is 3.35. The van der Waals surface area contributed by atoms with Crippen LogP contribution < -0.4 is 5.32 Å². The summed E-state index contributed by atoms with van der Waals surface area (Å²) in [5, 5.41) is 13.8. The van der Waals surface area contributed by atoms with Gasteiger partial charge in [0.1, 0.15) is 6.04 Å². The molecule has 0 aliphatic rings. The van der Waals surface area contributed by atoms with Gasteiger partial charge >= 0.3 is 0 Å². The monoisotopic (exact) mass is 386 g/mol. The molecule has 4 rings (SSSR count). The minimum Gasteiger partial charge on any atom is -0.418 e. The summed E-state index contributed by atoms with van der Waals surface area (Å²) in [6, 6.07) is 13.3. The lowest BCUT2D eigenvalue weighted by molar-refractivity contribution is 0.485. The number of hydrogen-bond donors (Lipinski definition) is 2. The smallest absolute Gasteiger partial charge is 0.249 e. The van der Waals surface area contributed by atoms with Gasteiger partial charge in [-0.1, -0.05) is 23.2 Å². The predicted octanol–water partition coefficient (Wildman–Crippen LogP) is 6.01. The zero-order valence-corrected chi connectivity index (χ0v) is 15.7. The third kappa shape index (κ3) is 3.28. The quantitative estimate of drug-likeness (QED) is 0.450. The molecule has 0 aliphatic heterocycles. The predicted molar refractivity (Wildman–Crippen MR) is 105 cm³/mol. The lowest BCUT2D eigenvalue weighted by Crippen LogP contribution is -2.06. The third-order valence-electron chi connectivity index (χ3n) is 4.11. The highest BCUT2D eigenvalue weighted by Gasteiger charge is 2.17. The van der Waals surface area contributed by atoms with Crippen molar-refractivity contribution >= 4 is 39.8 Å². The fourth-order valence-electron chi connectivity index (χ4n) is 2.86. The van der Waals surface area contributed by atoms with Crippen LogP contribution in [0.25, 0.3) is 22.4 Å². The molecule has 0 aliphatic carbocycles. The minimum absolute atomic E-state index is 0.153. The molecule has 0 unspecified atom stereocenters. The summed E-state index contributed by atoms with van der Waals surface area (Å²) >= 11 is 12.1. The van der Waals surface area contributed by atoms with Crippen LogP contribution >= 0.6 is 23.2 Å². The number of nitrogens with one attached hydrogen (secondary N) is 2. The molecular weight excluding hydrogens is 371 g/mol. The molecule has 0 radical (unpaired) electrons. The molecule has 5 nitrogen and oxygen atoms in total. The van der Waals surface area contributed by atoms with E-state index in [2.05, 4.69) is 32.6 Å². The minimum atomic E-state index is -0.153. The molecule has 2 heterocycles. The van der Waals surface area contributed by atoms with Crippen LogP contribution in [-0.4, -0.2) is 15.2 Å². The molecule has 0 saturated heterocycles. The van der Waals surface area contributed by atoms with E-state index in [1.807, 2.05) is 26.0 Å². The summed E-state index contributed by atoms with van der Waals surface area (Å²) in [6.07, 6.45) is 0. The van der Waals surface area contributed by atoms with Gasteiger partial charge in [-0.2, -0.15) is 0 Å². The second-order valence-corrected chi connectivity index (χ2v) is 7.03. The maximum Gasteiger partial charge on any atom is 0.249 e. The van der Waals surface area contributed by atoms with Gasteiger partial charge in [0.05, 0.1) is 10.6 Å². The Morgan fingerprint density at radius 3 is 2.73 bits per heavy atom. The van der Waals surface area contributed by atoms with Crippen LogP contribution in [-0.2, 0) is 0 Å². The Balaban J connectivity index is 1.56. The first-order valence-corrected chi connectivity index (χ1v) is 8.90. The van der Waals surface area contributed by atoms with Crippen LogP contribution in [0.15, 0.2) is 46.9 Å². The highest BCUT2D eigenvalue weighted by atomic mass is 35.5. The molecule has 0 bridgehead atoms. The zero-order valence-electron chi connectivity index (χ0n) is 14.2. The first-order chi connectivity index (χ1) is 12.5. The van der Waals surface area contributed by atoms with Crippen molar-refractivity contribution in [3.05, 3.63) is 64.1 Å².